The molecule has 0 N–H and O–H groups in total. The first kappa shape index (κ1) is 22.5. The second kappa shape index (κ2) is 8.18. The van der Waals surface area contributed by atoms with Crippen LogP contribution in [0.25, 0.3) is 10.9 Å². The number of amides is 1. The van der Waals surface area contributed by atoms with Gasteiger partial charge in [0.1, 0.15) is 11.4 Å². The fourth-order valence-corrected chi connectivity index (χ4v) is 4.96. The number of rotatable bonds is 4. The van der Waals surface area contributed by atoms with E-state index in [1.807, 2.05) is 56.8 Å². The van der Waals surface area contributed by atoms with Gasteiger partial charge in [0.2, 0.25) is 0 Å². The molecule has 5 rings (SSSR count). The highest BCUT2D eigenvalue weighted by Crippen LogP contribution is 2.38. The number of aryl methyl sites for hydroxylation is 2. The van der Waals surface area contributed by atoms with Crippen LogP contribution in [0.2, 0.25) is 0 Å². The Kier molecular flexibility index (Phi) is 5.41. The third-order valence-corrected chi connectivity index (χ3v) is 6.66. The average molecular weight is 465 g/mol. The minimum Gasteiger partial charge on any atom is -0.496 e. The first-order valence-corrected chi connectivity index (χ1v) is 11.9. The first-order valence-electron chi connectivity index (χ1n) is 11.9. The maximum absolute atomic E-state index is 14.1. The number of nitrogens with zero attached hydrogens (tertiary/aromatic N) is 4. The molecule has 1 amide bonds. The number of ether oxygens (including phenoxy) is 2. The molecular weight excluding hydrogens is 432 g/mol. The fraction of sp³-hybridized carbons (Fsp3) is 0.500. The maximum atomic E-state index is 14.1. The summed E-state index contributed by atoms with van der Waals surface area (Å²) in [6.07, 6.45) is 7.50. The van der Waals surface area contributed by atoms with Crippen molar-refractivity contribution in [3.63, 3.8) is 0 Å². The van der Waals surface area contributed by atoms with Gasteiger partial charge in [0.15, 0.2) is 0 Å². The second-order valence-electron chi connectivity index (χ2n) is 10.4. The second-order valence-corrected chi connectivity index (χ2v) is 10.4. The van der Waals surface area contributed by atoms with Crippen LogP contribution in [-0.2, 0) is 24.6 Å². The predicted octanol–water partition coefficient (Wildman–Crippen LogP) is 4.33. The molecule has 2 aliphatic rings. The Labute approximate surface area is 199 Å². The molecule has 8 heteroatoms. The number of methoxy groups -OCH3 is 1. The molecule has 0 spiro atoms. The number of hydrogen-bond donors (Lipinski definition) is 0. The SMILES string of the molecule is COc1ccc2c(ccn2C)c1C(=O)N(C1CC1)C1CCc2nn(C(=O)OC(C)(C)C)cc2C1. The van der Waals surface area contributed by atoms with Crippen molar-refractivity contribution < 1.29 is 19.1 Å². The smallest absolute Gasteiger partial charge is 0.435 e. The summed E-state index contributed by atoms with van der Waals surface area (Å²) in [7, 11) is 3.59. The van der Waals surface area contributed by atoms with Crippen molar-refractivity contribution in [3.05, 3.63) is 47.4 Å². The molecule has 2 aliphatic carbocycles. The van der Waals surface area contributed by atoms with Crippen LogP contribution in [0.15, 0.2) is 30.6 Å². The normalized spacial score (nSPS) is 18.0. The topological polar surface area (TPSA) is 78.6 Å². The Bertz CT molecular complexity index is 1260. The molecule has 1 aromatic carbocycles. The van der Waals surface area contributed by atoms with Gasteiger partial charge in [-0.3, -0.25) is 4.79 Å². The molecule has 0 radical (unpaired) electrons. The van der Waals surface area contributed by atoms with Crippen LogP contribution in [0.4, 0.5) is 4.79 Å². The number of carbonyl (C=O) groups is 2. The lowest BCUT2D eigenvalue weighted by atomic mass is 9.91. The lowest BCUT2D eigenvalue weighted by Gasteiger charge is -2.34. The van der Waals surface area contributed by atoms with E-state index < -0.39 is 11.7 Å². The summed E-state index contributed by atoms with van der Waals surface area (Å²) >= 11 is 0. The van der Waals surface area contributed by atoms with Gasteiger partial charge in [-0.15, -0.1) is 0 Å². The van der Waals surface area contributed by atoms with Gasteiger partial charge in [0.25, 0.3) is 5.91 Å². The lowest BCUT2D eigenvalue weighted by molar-refractivity contribution is 0.0513. The van der Waals surface area contributed by atoms with Crippen molar-refractivity contribution in [2.75, 3.05) is 7.11 Å². The zero-order valence-corrected chi connectivity index (χ0v) is 20.5. The molecule has 2 heterocycles. The highest BCUT2D eigenvalue weighted by atomic mass is 16.6. The van der Waals surface area contributed by atoms with Gasteiger partial charge in [0.05, 0.1) is 18.4 Å². The van der Waals surface area contributed by atoms with Crippen molar-refractivity contribution in [2.45, 2.75) is 70.6 Å². The van der Waals surface area contributed by atoms with Gasteiger partial charge < -0.3 is 18.9 Å². The molecule has 0 bridgehead atoms. The minimum absolute atomic E-state index is 0.0177. The van der Waals surface area contributed by atoms with E-state index in [0.29, 0.717) is 17.7 Å². The van der Waals surface area contributed by atoms with E-state index in [2.05, 4.69) is 10.00 Å². The average Bonchev–Trinajstić information content (AvgIpc) is 3.40. The molecule has 3 aromatic rings. The van der Waals surface area contributed by atoms with Gasteiger partial charge in [-0.25, -0.2) is 4.79 Å². The summed E-state index contributed by atoms with van der Waals surface area (Å²) in [4.78, 5) is 28.6. The molecule has 0 aliphatic heterocycles. The van der Waals surface area contributed by atoms with Gasteiger partial charge in [-0.05, 0) is 76.6 Å². The highest BCUT2D eigenvalue weighted by molar-refractivity contribution is 6.09. The third-order valence-electron chi connectivity index (χ3n) is 6.66. The number of fused-ring (bicyclic) bond motifs is 2. The van der Waals surface area contributed by atoms with Crippen molar-refractivity contribution in [3.8, 4) is 5.75 Å². The van der Waals surface area contributed by atoms with Crippen molar-refractivity contribution >= 4 is 22.9 Å². The van der Waals surface area contributed by atoms with Crippen LogP contribution in [0.3, 0.4) is 0 Å². The first-order chi connectivity index (χ1) is 16.2. The van der Waals surface area contributed by atoms with E-state index >= 15 is 0 Å². The Hall–Kier alpha value is -3.29. The molecular formula is C26H32N4O4. The van der Waals surface area contributed by atoms with Gasteiger partial charge >= 0.3 is 6.09 Å². The van der Waals surface area contributed by atoms with E-state index in [0.717, 1.165) is 47.8 Å². The lowest BCUT2D eigenvalue weighted by Crippen LogP contribution is -2.45. The van der Waals surface area contributed by atoms with Crippen LogP contribution < -0.4 is 4.74 Å². The van der Waals surface area contributed by atoms with Gasteiger partial charge in [-0.1, -0.05) is 0 Å². The Morgan fingerprint density at radius 1 is 1.12 bits per heavy atom. The van der Waals surface area contributed by atoms with E-state index in [1.54, 1.807) is 13.3 Å². The number of aromatic nitrogens is 3. The summed E-state index contributed by atoms with van der Waals surface area (Å²) in [5, 5.41) is 5.39. The Morgan fingerprint density at radius 2 is 1.88 bits per heavy atom. The molecule has 8 nitrogen and oxygen atoms in total. The van der Waals surface area contributed by atoms with Crippen LogP contribution in [0.5, 0.6) is 5.75 Å². The molecule has 34 heavy (non-hydrogen) atoms. The molecule has 0 saturated heterocycles. The largest absolute Gasteiger partial charge is 0.496 e. The van der Waals surface area contributed by atoms with Crippen molar-refractivity contribution in [2.24, 2.45) is 7.05 Å². The van der Waals surface area contributed by atoms with E-state index in [4.69, 9.17) is 9.47 Å². The molecule has 1 unspecified atom stereocenters. The van der Waals surface area contributed by atoms with Crippen molar-refractivity contribution in [1.29, 1.82) is 0 Å². The monoisotopic (exact) mass is 464 g/mol. The number of carbonyl (C=O) groups excluding carboxylic acids is 2. The summed E-state index contributed by atoms with van der Waals surface area (Å²) in [5.41, 5.74) is 2.96. The Balaban J connectivity index is 1.45. The van der Waals surface area contributed by atoms with Crippen LogP contribution >= 0.6 is 0 Å². The zero-order valence-electron chi connectivity index (χ0n) is 20.5. The van der Waals surface area contributed by atoms with E-state index in [1.165, 1.54) is 4.68 Å². The van der Waals surface area contributed by atoms with Crippen LogP contribution in [0.1, 0.15) is 61.6 Å². The minimum atomic E-state index is -0.585. The molecule has 1 saturated carbocycles. The van der Waals surface area contributed by atoms with Crippen LogP contribution in [-0.4, -0.2) is 56.0 Å². The van der Waals surface area contributed by atoms with Crippen LogP contribution in [0, 0.1) is 0 Å². The van der Waals surface area contributed by atoms with Gasteiger partial charge in [0, 0.05) is 42.4 Å². The summed E-state index contributed by atoms with van der Waals surface area (Å²) < 4.78 is 14.4. The summed E-state index contributed by atoms with van der Waals surface area (Å²) in [6, 6.07) is 6.14. The quantitative estimate of drug-likeness (QED) is 0.574. The Morgan fingerprint density at radius 3 is 2.56 bits per heavy atom. The van der Waals surface area contributed by atoms with Gasteiger partial charge in [-0.2, -0.15) is 9.78 Å². The number of benzene rings is 1. The molecule has 1 atom stereocenters. The maximum Gasteiger partial charge on any atom is 0.435 e. The standard InChI is InChI=1S/C26H32N4O4/c1-26(2,3)34-25(32)29-15-16-14-18(8-9-20(16)27-29)30(17-6-7-17)24(31)23-19-12-13-28(4)21(19)10-11-22(23)33-5/h10-13,15,17-18H,6-9,14H2,1-5H3. The molecule has 1 fully saturated rings. The van der Waals surface area contributed by atoms with E-state index in [9.17, 15) is 9.59 Å². The molecule has 2 aromatic heterocycles. The third kappa shape index (κ3) is 4.06. The number of hydrogen-bond acceptors (Lipinski definition) is 5. The fourth-order valence-electron chi connectivity index (χ4n) is 4.96. The highest BCUT2D eigenvalue weighted by Gasteiger charge is 2.41. The predicted molar refractivity (Wildman–Crippen MR) is 128 cm³/mol. The zero-order chi connectivity index (χ0) is 24.2. The summed E-state index contributed by atoms with van der Waals surface area (Å²) in [5.74, 6) is 0.618. The summed E-state index contributed by atoms with van der Waals surface area (Å²) in [6.45, 7) is 5.51. The molecule has 180 valence electrons. The van der Waals surface area contributed by atoms with E-state index in [-0.39, 0.29) is 18.0 Å². The van der Waals surface area contributed by atoms with Crippen molar-refractivity contribution in [1.82, 2.24) is 19.2 Å².